The van der Waals surface area contributed by atoms with Gasteiger partial charge in [-0.2, -0.15) is 0 Å². The number of likely N-dealkylation sites (tertiary alicyclic amines) is 1. The molecule has 0 aliphatic carbocycles. The van der Waals surface area contributed by atoms with E-state index in [1.54, 1.807) is 12.1 Å². The Morgan fingerprint density at radius 2 is 1.78 bits per heavy atom. The lowest BCUT2D eigenvalue weighted by atomic mass is 9.94. The van der Waals surface area contributed by atoms with E-state index < -0.39 is 5.97 Å². The molecule has 1 aliphatic heterocycles. The Kier molecular flexibility index (Phi) is 4.75. The molecule has 0 radical (unpaired) electrons. The maximum absolute atomic E-state index is 11.6. The highest BCUT2D eigenvalue weighted by Crippen LogP contribution is 2.27. The molecule has 0 unspecified atom stereocenters. The second kappa shape index (κ2) is 7.13. The van der Waals surface area contributed by atoms with E-state index in [-0.39, 0.29) is 0 Å². The van der Waals surface area contributed by atoms with Crippen LogP contribution in [0.4, 0.5) is 0 Å². The van der Waals surface area contributed by atoms with Crippen LogP contribution in [0.15, 0.2) is 48.5 Å². The molecular formula is C20H19NO2. The van der Waals surface area contributed by atoms with Crippen molar-refractivity contribution in [1.82, 2.24) is 4.90 Å². The zero-order valence-electron chi connectivity index (χ0n) is 13.0. The number of carboxylic acids is 1. The van der Waals surface area contributed by atoms with Crippen molar-refractivity contribution >= 4 is 5.97 Å². The summed E-state index contributed by atoms with van der Waals surface area (Å²) in [4.78, 5) is 13.9. The molecule has 0 aromatic heterocycles. The SMILES string of the molecule is O=C(O)c1cccc(C#CCN2CCCC2)c1-c1ccccc1. The van der Waals surface area contributed by atoms with Gasteiger partial charge < -0.3 is 5.11 Å². The third kappa shape index (κ3) is 3.61. The van der Waals surface area contributed by atoms with Crippen molar-refractivity contribution in [2.45, 2.75) is 12.8 Å². The summed E-state index contributed by atoms with van der Waals surface area (Å²) in [5, 5.41) is 9.49. The van der Waals surface area contributed by atoms with Gasteiger partial charge in [0.2, 0.25) is 0 Å². The Bertz CT molecular complexity index is 750. The van der Waals surface area contributed by atoms with Gasteiger partial charge in [-0.05, 0) is 43.6 Å². The predicted molar refractivity (Wildman–Crippen MR) is 91.4 cm³/mol. The normalized spacial score (nSPS) is 14.3. The minimum atomic E-state index is -0.924. The maximum Gasteiger partial charge on any atom is 0.336 e. The van der Waals surface area contributed by atoms with E-state index in [1.807, 2.05) is 36.4 Å². The van der Waals surface area contributed by atoms with Crippen LogP contribution in [0.2, 0.25) is 0 Å². The minimum Gasteiger partial charge on any atom is -0.478 e. The molecule has 2 aromatic rings. The zero-order valence-corrected chi connectivity index (χ0v) is 13.0. The Balaban J connectivity index is 1.98. The first-order valence-electron chi connectivity index (χ1n) is 7.88. The highest BCUT2D eigenvalue weighted by Gasteiger charge is 2.14. The van der Waals surface area contributed by atoms with Gasteiger partial charge in [0.1, 0.15) is 0 Å². The fourth-order valence-electron chi connectivity index (χ4n) is 2.94. The molecule has 0 saturated carbocycles. The molecule has 2 aromatic carbocycles. The third-order valence-corrected chi connectivity index (χ3v) is 4.08. The van der Waals surface area contributed by atoms with Crippen molar-refractivity contribution in [3.05, 3.63) is 59.7 Å². The average molecular weight is 305 g/mol. The maximum atomic E-state index is 11.6. The number of hydrogen-bond donors (Lipinski definition) is 1. The van der Waals surface area contributed by atoms with Crippen molar-refractivity contribution in [2.75, 3.05) is 19.6 Å². The highest BCUT2D eigenvalue weighted by molar-refractivity contribution is 5.97. The van der Waals surface area contributed by atoms with Gasteiger partial charge in [-0.15, -0.1) is 0 Å². The molecule has 116 valence electrons. The summed E-state index contributed by atoms with van der Waals surface area (Å²) in [6.45, 7) is 2.95. The molecule has 0 atom stereocenters. The van der Waals surface area contributed by atoms with Gasteiger partial charge >= 0.3 is 5.97 Å². The van der Waals surface area contributed by atoms with Gasteiger partial charge in [0.15, 0.2) is 0 Å². The topological polar surface area (TPSA) is 40.5 Å². The van der Waals surface area contributed by atoms with E-state index >= 15 is 0 Å². The first-order chi connectivity index (χ1) is 11.3. The van der Waals surface area contributed by atoms with Crippen LogP contribution in [0.1, 0.15) is 28.8 Å². The van der Waals surface area contributed by atoms with E-state index in [1.165, 1.54) is 12.8 Å². The predicted octanol–water partition coefficient (Wildman–Crippen LogP) is 3.50. The van der Waals surface area contributed by atoms with E-state index in [9.17, 15) is 9.90 Å². The molecule has 23 heavy (non-hydrogen) atoms. The van der Waals surface area contributed by atoms with Crippen molar-refractivity contribution < 1.29 is 9.90 Å². The zero-order chi connectivity index (χ0) is 16.1. The van der Waals surface area contributed by atoms with Gasteiger partial charge in [-0.25, -0.2) is 4.79 Å². The molecule has 3 rings (SSSR count). The molecular weight excluding hydrogens is 286 g/mol. The number of rotatable bonds is 3. The van der Waals surface area contributed by atoms with E-state index in [4.69, 9.17) is 0 Å². The highest BCUT2D eigenvalue weighted by atomic mass is 16.4. The van der Waals surface area contributed by atoms with E-state index in [0.717, 1.165) is 30.8 Å². The molecule has 1 N–H and O–H groups in total. The molecule has 1 saturated heterocycles. The molecule has 3 heteroatoms. The van der Waals surface area contributed by atoms with Crippen LogP contribution in [0.3, 0.4) is 0 Å². The number of benzene rings is 2. The first-order valence-corrected chi connectivity index (χ1v) is 7.88. The summed E-state index contributed by atoms with van der Waals surface area (Å²) in [5.41, 5.74) is 2.66. The van der Waals surface area contributed by atoms with Crippen LogP contribution >= 0.6 is 0 Å². The molecule has 3 nitrogen and oxygen atoms in total. The molecule has 1 aliphatic rings. The summed E-state index contributed by atoms with van der Waals surface area (Å²) in [6, 6.07) is 14.9. The van der Waals surface area contributed by atoms with Crippen molar-refractivity contribution in [1.29, 1.82) is 0 Å². The standard InChI is InChI=1S/C20H19NO2/c22-20(23)18-12-6-10-17(11-7-15-21-13-4-5-14-21)19(18)16-8-2-1-3-9-16/h1-3,6,8-10,12H,4-5,13-15H2,(H,22,23). The fraction of sp³-hybridized carbons (Fsp3) is 0.250. The second-order valence-electron chi connectivity index (χ2n) is 5.68. The molecule has 1 heterocycles. The fourth-order valence-corrected chi connectivity index (χ4v) is 2.94. The van der Waals surface area contributed by atoms with Crippen LogP contribution in [0.25, 0.3) is 11.1 Å². The van der Waals surface area contributed by atoms with Crippen molar-refractivity contribution in [2.24, 2.45) is 0 Å². The van der Waals surface area contributed by atoms with Gasteiger partial charge in [0.05, 0.1) is 12.1 Å². The number of aromatic carboxylic acids is 1. The summed E-state index contributed by atoms with van der Waals surface area (Å²) < 4.78 is 0. The van der Waals surface area contributed by atoms with Crippen molar-refractivity contribution in [3.8, 4) is 23.0 Å². The molecule has 0 bridgehead atoms. The van der Waals surface area contributed by atoms with Crippen molar-refractivity contribution in [3.63, 3.8) is 0 Å². The molecule has 1 fully saturated rings. The number of hydrogen-bond acceptors (Lipinski definition) is 2. The van der Waals surface area contributed by atoms with Crippen LogP contribution in [-0.4, -0.2) is 35.6 Å². The largest absolute Gasteiger partial charge is 0.478 e. The first kappa shape index (κ1) is 15.3. The Labute approximate surface area is 136 Å². The third-order valence-electron chi connectivity index (χ3n) is 4.08. The number of nitrogens with zero attached hydrogens (tertiary/aromatic N) is 1. The van der Waals surface area contributed by atoms with E-state index in [0.29, 0.717) is 11.1 Å². The number of carboxylic acid groups (broad SMARTS) is 1. The quantitative estimate of drug-likeness (QED) is 0.882. The van der Waals surface area contributed by atoms with Crippen LogP contribution in [-0.2, 0) is 0 Å². The van der Waals surface area contributed by atoms with Gasteiger partial charge in [0.25, 0.3) is 0 Å². The second-order valence-corrected chi connectivity index (χ2v) is 5.68. The summed E-state index contributed by atoms with van der Waals surface area (Å²) in [7, 11) is 0. The summed E-state index contributed by atoms with van der Waals surface area (Å²) >= 11 is 0. The minimum absolute atomic E-state index is 0.296. The van der Waals surface area contributed by atoms with Crippen LogP contribution < -0.4 is 0 Å². The monoisotopic (exact) mass is 305 g/mol. The molecule has 0 amide bonds. The lowest BCUT2D eigenvalue weighted by Gasteiger charge is -2.10. The lowest BCUT2D eigenvalue weighted by Crippen LogP contribution is -2.19. The van der Waals surface area contributed by atoms with Gasteiger partial charge in [-0.3, -0.25) is 4.90 Å². The smallest absolute Gasteiger partial charge is 0.336 e. The average Bonchev–Trinajstić information content (AvgIpc) is 3.09. The van der Waals surface area contributed by atoms with Gasteiger partial charge in [-0.1, -0.05) is 48.2 Å². The lowest BCUT2D eigenvalue weighted by molar-refractivity contribution is 0.0697. The summed E-state index contributed by atoms with van der Waals surface area (Å²) in [5.74, 6) is 5.46. The summed E-state index contributed by atoms with van der Waals surface area (Å²) in [6.07, 6.45) is 2.48. The van der Waals surface area contributed by atoms with Crippen LogP contribution in [0.5, 0.6) is 0 Å². The Morgan fingerprint density at radius 3 is 2.48 bits per heavy atom. The Hall–Kier alpha value is -2.57. The van der Waals surface area contributed by atoms with Crippen LogP contribution in [0, 0.1) is 11.8 Å². The van der Waals surface area contributed by atoms with E-state index in [2.05, 4.69) is 16.7 Å². The Morgan fingerprint density at radius 1 is 1.04 bits per heavy atom. The molecule has 0 spiro atoms. The number of carbonyl (C=O) groups is 1. The van der Waals surface area contributed by atoms with Gasteiger partial charge in [0, 0.05) is 11.1 Å².